The number of hydrogen-bond donors (Lipinski definition) is 16. The van der Waals surface area contributed by atoms with E-state index in [-0.39, 0.29) is 59.6 Å². The molecule has 586 valence electrons. The number of sulfonamides is 2. The first-order valence-corrected chi connectivity index (χ1v) is 37.7. The molecule has 114 heavy (non-hydrogen) atoms. The van der Waals surface area contributed by atoms with E-state index < -0.39 is 32.1 Å². The lowest BCUT2D eigenvalue weighted by molar-refractivity contribution is 0.174. The average molecular weight is 1580 g/mol. The summed E-state index contributed by atoms with van der Waals surface area (Å²) < 4.78 is 58.5. The van der Waals surface area contributed by atoms with E-state index >= 15 is 0 Å². The zero-order chi connectivity index (χ0) is 81.3. The average Bonchev–Trinajstić information content (AvgIpc) is 1.07. The molecule has 0 atom stereocenters. The molecule has 13 rings (SSSR count). The Labute approximate surface area is 659 Å². The number of fused-ring (bicyclic) bond motifs is 1. The van der Waals surface area contributed by atoms with Crippen LogP contribution in [0.4, 0.5) is 103 Å². The first kappa shape index (κ1) is 84.9. The second kappa shape index (κ2) is 44.6. The van der Waals surface area contributed by atoms with E-state index in [1.165, 1.54) is 60.7 Å². The summed E-state index contributed by atoms with van der Waals surface area (Å²) in [7, 11) is -3.43. The second-order valence-electron chi connectivity index (χ2n) is 23.8. The maximum atomic E-state index is 11.8. The largest absolute Gasteiger partial charge is 0.508 e. The molecule has 1 heterocycles. The first-order valence-electron chi connectivity index (χ1n) is 34.6. The molecule has 0 saturated carbocycles. The molecule has 31 heteroatoms. The smallest absolute Gasteiger partial charge is 0.323 e. The number of nitrogens with one attached hydrogen (secondary N) is 13. The van der Waals surface area contributed by atoms with Crippen molar-refractivity contribution in [3.05, 3.63) is 328 Å². The van der Waals surface area contributed by atoms with Gasteiger partial charge in [-0.1, -0.05) is 127 Å². The van der Waals surface area contributed by atoms with Crippen LogP contribution in [0.2, 0.25) is 0 Å². The molecular weight excluding hydrogens is 1500 g/mol. The first-order chi connectivity index (χ1) is 55.0. The molecule has 0 unspecified atom stereocenters. The van der Waals surface area contributed by atoms with Crippen LogP contribution in [0, 0.1) is 0 Å². The van der Waals surface area contributed by atoms with Crippen LogP contribution in [0.25, 0.3) is 0 Å². The minimum absolute atomic E-state index is 0.00785. The Bertz CT molecular complexity index is 5180. The van der Waals surface area contributed by atoms with Crippen molar-refractivity contribution in [1.82, 2.24) is 4.72 Å². The molecule has 0 spiro atoms. The number of urea groups is 6. The number of phenolic OH excluding ortho intramolecular Hbond substituents is 1. The molecule has 1 aliphatic rings. The quantitative estimate of drug-likeness (QED) is 0.0355. The van der Waals surface area contributed by atoms with Crippen molar-refractivity contribution in [2.45, 2.75) is 9.79 Å². The van der Waals surface area contributed by atoms with Gasteiger partial charge in [0.15, 0.2) is 11.5 Å². The third-order valence-electron chi connectivity index (χ3n) is 14.9. The van der Waals surface area contributed by atoms with Gasteiger partial charge in [-0.05, 0) is 194 Å². The third kappa shape index (κ3) is 31.4. The number of carbonyl (C=O) groups excluding carboxylic acids is 6. The summed E-state index contributed by atoms with van der Waals surface area (Å²) in [5, 5.41) is 55.1. The Kier molecular flexibility index (Phi) is 33.2. The van der Waals surface area contributed by atoms with Gasteiger partial charge in [-0.2, -0.15) is 0 Å². The van der Waals surface area contributed by atoms with Gasteiger partial charge in [-0.3, -0.25) is 0 Å². The zero-order valence-corrected chi connectivity index (χ0v) is 63.1. The predicted molar refractivity (Wildman–Crippen MR) is 449 cm³/mol. The van der Waals surface area contributed by atoms with E-state index in [1.807, 2.05) is 195 Å². The van der Waals surface area contributed by atoms with Crippen LogP contribution >= 0.6 is 0 Å². The molecule has 0 saturated heterocycles. The van der Waals surface area contributed by atoms with Gasteiger partial charge < -0.3 is 88.4 Å². The minimum Gasteiger partial charge on any atom is -0.508 e. The maximum absolute atomic E-state index is 11.8. The number of rotatable bonds is 18. The number of benzene rings is 12. The summed E-state index contributed by atoms with van der Waals surface area (Å²) in [6.07, 6.45) is 0. The lowest BCUT2D eigenvalue weighted by Crippen LogP contribution is -2.26. The second-order valence-corrected chi connectivity index (χ2v) is 27.1. The Balaban J connectivity index is 0.000000172. The lowest BCUT2D eigenvalue weighted by atomic mass is 10.2. The van der Waals surface area contributed by atoms with E-state index in [1.54, 1.807) is 91.0 Å². The van der Waals surface area contributed by atoms with E-state index in [0.717, 1.165) is 39.8 Å². The van der Waals surface area contributed by atoms with Crippen molar-refractivity contribution in [1.29, 1.82) is 0 Å². The summed E-state index contributed by atoms with van der Waals surface area (Å²) in [4.78, 5) is 72.3. The Morgan fingerprint density at radius 1 is 0.325 bits per heavy atom. The number of hydrogen-bond acceptors (Lipinski definition) is 15. The fourth-order valence-electron chi connectivity index (χ4n) is 9.48. The maximum Gasteiger partial charge on any atom is 0.323 e. The van der Waals surface area contributed by atoms with Crippen LogP contribution < -0.4 is 88.0 Å². The van der Waals surface area contributed by atoms with Gasteiger partial charge in [0.2, 0.25) is 26.8 Å². The number of ether oxygens (including phenoxy) is 2. The molecule has 12 amide bonds. The number of anilines is 13. The highest BCUT2D eigenvalue weighted by molar-refractivity contribution is 7.89. The summed E-state index contributed by atoms with van der Waals surface area (Å²) in [5.74, 6) is 1.49. The molecule has 12 aromatic rings. The monoisotopic (exact) mass is 1580 g/mol. The number of nitrogens with zero attached hydrogens (tertiary/aromatic N) is 1. The lowest BCUT2D eigenvalue weighted by Gasteiger charge is -2.13. The van der Waals surface area contributed by atoms with Gasteiger partial charge in [0.1, 0.15) is 5.75 Å². The SMILES string of the molecule is CN(C)c1ccc(NC(=O)Nc2ccccc2)cc1.NS(=O)(=O)c1ccc(NC(=O)Nc2ccccc2)cc1.O=C(Nc1ccccc1)Nc1ccc(O)cc1.O=C(Nc1ccccc1)Nc1ccc(S(=O)(=O)NCCO)cc1.O=C(Nc1ccccc1)Nc1ccc2c(c1)OCO2.O=C(Nc1ccccc1)Nc1ccccc1. The molecular formula is C83H83N15O14S2. The molecule has 0 aliphatic carbocycles. The van der Waals surface area contributed by atoms with Crippen LogP contribution in [0.15, 0.2) is 337 Å². The molecule has 17 N–H and O–H groups in total. The van der Waals surface area contributed by atoms with Crippen LogP contribution in [0.3, 0.4) is 0 Å². The molecule has 12 aromatic carbocycles. The van der Waals surface area contributed by atoms with Gasteiger partial charge >= 0.3 is 36.2 Å². The van der Waals surface area contributed by atoms with Crippen molar-refractivity contribution in [2.24, 2.45) is 5.14 Å². The normalized spacial score (nSPS) is 10.5. The number of carbonyl (C=O) groups is 6. The van der Waals surface area contributed by atoms with Gasteiger partial charge in [0, 0.05) is 101 Å². The highest BCUT2D eigenvalue weighted by Gasteiger charge is 2.16. The Morgan fingerprint density at radius 3 is 0.833 bits per heavy atom. The van der Waals surface area contributed by atoms with E-state index in [4.69, 9.17) is 24.8 Å². The van der Waals surface area contributed by atoms with Gasteiger partial charge in [0.25, 0.3) is 0 Å². The molecule has 0 bridgehead atoms. The topological polar surface area (TPSA) is 415 Å². The highest BCUT2D eigenvalue weighted by atomic mass is 32.2. The summed E-state index contributed by atoms with van der Waals surface area (Å²) in [5.41, 5.74) is 9.14. The van der Waals surface area contributed by atoms with Crippen molar-refractivity contribution in [3.8, 4) is 17.2 Å². The van der Waals surface area contributed by atoms with E-state index in [0.29, 0.717) is 45.6 Å². The number of aliphatic hydroxyl groups is 1. The number of amides is 12. The predicted octanol–water partition coefficient (Wildman–Crippen LogP) is 16.4. The number of para-hydroxylation sites is 7. The fourth-order valence-corrected chi connectivity index (χ4v) is 11.0. The van der Waals surface area contributed by atoms with Crippen molar-refractivity contribution < 1.29 is 65.3 Å². The van der Waals surface area contributed by atoms with Gasteiger partial charge in [-0.25, -0.2) is 55.5 Å². The molecule has 0 radical (unpaired) electrons. The number of nitrogens with two attached hydrogens (primary N) is 1. The van der Waals surface area contributed by atoms with Gasteiger partial charge in [-0.15, -0.1) is 0 Å². The summed E-state index contributed by atoms with van der Waals surface area (Å²) in [6.45, 7) is -0.116. The molecule has 29 nitrogen and oxygen atoms in total. The Hall–Kier alpha value is -14.8. The van der Waals surface area contributed by atoms with Gasteiger partial charge in [0.05, 0.1) is 16.4 Å². The third-order valence-corrected chi connectivity index (χ3v) is 17.3. The number of aliphatic hydroxyl groups excluding tert-OH is 1. The number of primary sulfonamides is 1. The fraction of sp³-hybridized carbons (Fsp3) is 0.0602. The zero-order valence-electron chi connectivity index (χ0n) is 61.4. The van der Waals surface area contributed by atoms with E-state index in [2.05, 4.69) is 68.5 Å². The van der Waals surface area contributed by atoms with Crippen LogP contribution in [-0.2, 0) is 20.0 Å². The van der Waals surface area contributed by atoms with Crippen molar-refractivity contribution in [2.75, 3.05) is 103 Å². The summed E-state index contributed by atoms with van der Waals surface area (Å²) in [6, 6.07) is 92.8. The van der Waals surface area contributed by atoms with Crippen LogP contribution in [-0.4, -0.2) is 97.3 Å². The number of phenols is 1. The standard InChI is InChI=1S/C15H17N3O4S.C15H17N3O.C14H12N2O3.C13H13N3O3S.C13H12N2O2.C13H12N2O/c19-11-10-16-23(21,22)14-8-6-13(7-9-14)18-15(20)17-12-4-2-1-3-5-12;1-18(2)14-10-8-13(9-11-14)17-15(19)16-12-6-4-3-5-7-12;17-14(15-10-4-2-1-3-5-10)16-11-6-7-12-13(8-11)19-9-18-12;14-20(18,19)12-8-6-11(7-9-12)16-13(17)15-10-4-2-1-3-5-10;16-12-8-6-11(7-9-12)15-13(17)14-10-4-2-1-3-5-10;16-13(14-11-7-3-1-4-8-11)15-12-9-5-2-6-10-12/h1-9,16,19H,10-11H2,(H2,17,18,20);3-11H,1-2H3,(H2,16,17,19);1-8H,9H2,(H2,15,16,17);1-9H,(H2,14,18,19)(H2,15,16,17);1-9,16H,(H2,14,15,17);1-10H,(H2,14,15,16). The summed E-state index contributed by atoms with van der Waals surface area (Å²) >= 11 is 0. The van der Waals surface area contributed by atoms with Crippen LogP contribution in [0.5, 0.6) is 17.2 Å². The van der Waals surface area contributed by atoms with Crippen molar-refractivity contribution >= 4 is 130 Å². The Morgan fingerprint density at radius 2 is 0.561 bits per heavy atom. The molecule has 1 aliphatic heterocycles. The molecule has 0 aromatic heterocycles. The minimum atomic E-state index is -3.72. The number of aromatic hydroxyl groups is 1. The highest BCUT2D eigenvalue weighted by Crippen LogP contribution is 2.34. The van der Waals surface area contributed by atoms with Crippen molar-refractivity contribution in [3.63, 3.8) is 0 Å². The van der Waals surface area contributed by atoms with E-state index in [9.17, 15) is 45.6 Å². The van der Waals surface area contributed by atoms with Crippen LogP contribution in [0.1, 0.15) is 0 Å². The molecule has 0 fully saturated rings.